The summed E-state index contributed by atoms with van der Waals surface area (Å²) in [7, 11) is 1.29. The van der Waals surface area contributed by atoms with Gasteiger partial charge in [0, 0.05) is 22.7 Å². The lowest BCUT2D eigenvalue weighted by Crippen LogP contribution is -2.31. The second-order valence-electron chi connectivity index (χ2n) is 9.60. The Hall–Kier alpha value is -4.32. The molecule has 0 bridgehead atoms. The number of methoxy groups -OCH3 is 1. The fourth-order valence-electron chi connectivity index (χ4n) is 4.24. The van der Waals surface area contributed by atoms with E-state index in [1.54, 1.807) is 42.5 Å². The molecule has 11 nitrogen and oxygen atoms in total. The Morgan fingerprint density at radius 3 is 2.63 bits per heavy atom. The average molecular weight is 628 g/mol. The number of nitrogens with two attached hydrogens (primary N) is 2. The largest absolute Gasteiger partial charge is 0.453 e. The number of hydrogen-bond acceptors (Lipinski definition) is 7. The van der Waals surface area contributed by atoms with E-state index in [9.17, 15) is 9.59 Å². The van der Waals surface area contributed by atoms with Gasteiger partial charge >= 0.3 is 6.09 Å². The summed E-state index contributed by atoms with van der Waals surface area (Å²) >= 11 is 12.8. The molecule has 2 aromatic carbocycles. The van der Waals surface area contributed by atoms with Gasteiger partial charge < -0.3 is 20.9 Å². The Morgan fingerprint density at radius 1 is 1.21 bits per heavy atom. The molecular formula is C30H36Cl2N8O3. The molecule has 0 aliphatic rings. The van der Waals surface area contributed by atoms with Gasteiger partial charge in [0.05, 0.1) is 18.8 Å². The Kier molecular flexibility index (Phi) is 12.6. The summed E-state index contributed by atoms with van der Waals surface area (Å²) in [6, 6.07) is 11.7. The van der Waals surface area contributed by atoms with Gasteiger partial charge in [0.2, 0.25) is 5.91 Å². The number of allylic oxidation sites excluding steroid dienone is 3. The van der Waals surface area contributed by atoms with Crippen molar-refractivity contribution in [2.45, 2.75) is 45.6 Å². The highest BCUT2D eigenvalue weighted by molar-refractivity contribution is 6.32. The molecule has 0 aliphatic carbocycles. The summed E-state index contributed by atoms with van der Waals surface area (Å²) in [6.07, 6.45) is 8.69. The first kappa shape index (κ1) is 33.2. The quantitative estimate of drug-likeness (QED) is 0.0493. The van der Waals surface area contributed by atoms with Gasteiger partial charge in [-0.25, -0.2) is 15.6 Å². The van der Waals surface area contributed by atoms with Crippen LogP contribution in [0.1, 0.15) is 50.5 Å². The zero-order valence-electron chi connectivity index (χ0n) is 24.2. The van der Waals surface area contributed by atoms with Gasteiger partial charge in [0.25, 0.3) is 0 Å². The maximum absolute atomic E-state index is 13.3. The van der Waals surface area contributed by atoms with Crippen LogP contribution in [0.3, 0.4) is 0 Å². The number of imidazole rings is 1. The topological polar surface area (TPSA) is 164 Å². The van der Waals surface area contributed by atoms with Crippen molar-refractivity contribution >= 4 is 52.9 Å². The third-order valence-electron chi connectivity index (χ3n) is 6.34. The fraction of sp³-hybridized carbons (Fsp3) is 0.267. The lowest BCUT2D eigenvalue weighted by atomic mass is 10.0. The number of anilines is 2. The summed E-state index contributed by atoms with van der Waals surface area (Å²) in [5.74, 6) is 11.6. The molecule has 43 heavy (non-hydrogen) atoms. The van der Waals surface area contributed by atoms with E-state index < -0.39 is 12.1 Å². The zero-order chi connectivity index (χ0) is 31.4. The molecule has 1 aromatic heterocycles. The molecule has 1 heterocycles. The number of aromatic nitrogens is 2. The van der Waals surface area contributed by atoms with E-state index in [0.717, 1.165) is 23.1 Å². The Labute approximate surface area is 260 Å². The Morgan fingerprint density at radius 2 is 1.95 bits per heavy atom. The lowest BCUT2D eigenvalue weighted by molar-refractivity contribution is -0.121. The van der Waals surface area contributed by atoms with Gasteiger partial charge in [-0.05, 0) is 62.1 Å². The molecule has 0 fully saturated rings. The number of hydrazone groups is 1. The SMILES string of the molecule is CC/C=C\C=C(/C)C[C@H](NC(=O)CCc1cc(Cl)ccc1N(N)/C=N\N)c1nc(-c2ccc(NC(=O)OC)cc2)c(Cl)[nH]1. The third kappa shape index (κ3) is 9.88. The number of rotatable bonds is 13. The molecule has 0 aliphatic heterocycles. The van der Waals surface area contributed by atoms with Crippen molar-refractivity contribution in [1.82, 2.24) is 15.3 Å². The number of aryl methyl sites for hydroxylation is 1. The van der Waals surface area contributed by atoms with Crippen LogP contribution in [0.15, 0.2) is 71.4 Å². The van der Waals surface area contributed by atoms with E-state index in [0.29, 0.717) is 45.9 Å². The van der Waals surface area contributed by atoms with Crippen LogP contribution in [-0.2, 0) is 16.0 Å². The summed E-state index contributed by atoms with van der Waals surface area (Å²) in [4.78, 5) is 32.6. The van der Waals surface area contributed by atoms with Crippen LogP contribution in [0.25, 0.3) is 11.3 Å². The first-order valence-electron chi connectivity index (χ1n) is 13.5. The number of H-pyrrole nitrogens is 1. The average Bonchev–Trinajstić information content (AvgIpc) is 3.37. The fourth-order valence-corrected chi connectivity index (χ4v) is 4.68. The molecular weight excluding hydrogens is 591 g/mol. The summed E-state index contributed by atoms with van der Waals surface area (Å²) in [5, 5.41) is 11.3. The van der Waals surface area contributed by atoms with Crippen molar-refractivity contribution in [2.24, 2.45) is 16.8 Å². The van der Waals surface area contributed by atoms with Crippen LogP contribution < -0.4 is 27.3 Å². The highest BCUT2D eigenvalue weighted by Gasteiger charge is 2.22. The smallest absolute Gasteiger partial charge is 0.411 e. The highest BCUT2D eigenvalue weighted by atomic mass is 35.5. The van der Waals surface area contributed by atoms with E-state index in [4.69, 9.17) is 39.9 Å². The number of aromatic amines is 1. The maximum atomic E-state index is 13.3. The molecule has 3 aromatic rings. The van der Waals surface area contributed by atoms with Crippen LogP contribution >= 0.6 is 23.2 Å². The second kappa shape index (κ2) is 16.4. The van der Waals surface area contributed by atoms with Gasteiger partial charge in [-0.15, -0.1) is 0 Å². The Balaban J connectivity index is 1.83. The van der Waals surface area contributed by atoms with E-state index in [1.165, 1.54) is 18.5 Å². The molecule has 0 radical (unpaired) electrons. The van der Waals surface area contributed by atoms with Gasteiger partial charge in [0.15, 0.2) is 0 Å². The molecule has 2 amide bonds. The molecule has 3 rings (SSSR count). The molecule has 13 heteroatoms. The monoisotopic (exact) mass is 626 g/mol. The standard InChI is InChI=1S/C30H36Cl2N8O3/c1-4-5-6-7-19(2)16-24(37-26(41)15-10-21-17-22(31)11-14-25(21)40(34)18-35-33)29-38-27(28(32)39-29)20-8-12-23(13-9-20)36-30(42)43-3/h5-9,11-14,17-18,24H,4,10,15-16,33-34H2,1-3H3,(H,36,42)(H,37,41)(H,38,39)/b6-5-,19-7+,35-18-/t24-/m0/s1. The minimum absolute atomic E-state index is 0.159. The van der Waals surface area contributed by atoms with Gasteiger partial charge in [-0.3, -0.25) is 15.1 Å². The first-order chi connectivity index (χ1) is 20.6. The Bertz CT molecular complexity index is 1490. The summed E-state index contributed by atoms with van der Waals surface area (Å²) in [5.41, 5.74) is 4.23. The second-order valence-corrected chi connectivity index (χ2v) is 10.4. The zero-order valence-corrected chi connectivity index (χ0v) is 25.7. The predicted octanol–water partition coefficient (Wildman–Crippen LogP) is 6.24. The van der Waals surface area contributed by atoms with Crippen molar-refractivity contribution in [3.8, 4) is 11.3 Å². The summed E-state index contributed by atoms with van der Waals surface area (Å²) < 4.78 is 4.63. The number of carbonyl (C=O) groups excluding carboxylic acids is 2. The van der Waals surface area contributed by atoms with Gasteiger partial charge in [-0.1, -0.05) is 66.1 Å². The van der Waals surface area contributed by atoms with Crippen LogP contribution in [0.4, 0.5) is 16.2 Å². The number of carbonyl (C=O) groups is 2. The number of benzene rings is 2. The van der Waals surface area contributed by atoms with Crippen molar-refractivity contribution in [3.63, 3.8) is 0 Å². The van der Waals surface area contributed by atoms with Gasteiger partial charge in [0.1, 0.15) is 23.0 Å². The van der Waals surface area contributed by atoms with Crippen LogP contribution in [0.2, 0.25) is 10.2 Å². The van der Waals surface area contributed by atoms with Gasteiger partial charge in [-0.2, -0.15) is 5.10 Å². The third-order valence-corrected chi connectivity index (χ3v) is 6.85. The summed E-state index contributed by atoms with van der Waals surface area (Å²) in [6.45, 7) is 4.05. The van der Waals surface area contributed by atoms with E-state index >= 15 is 0 Å². The van der Waals surface area contributed by atoms with E-state index in [1.807, 2.05) is 19.1 Å². The van der Waals surface area contributed by atoms with Crippen molar-refractivity contribution in [2.75, 3.05) is 17.4 Å². The number of nitrogens with one attached hydrogen (secondary N) is 3. The lowest BCUT2D eigenvalue weighted by Gasteiger charge is -2.19. The highest BCUT2D eigenvalue weighted by Crippen LogP contribution is 2.30. The number of hydrogen-bond donors (Lipinski definition) is 5. The minimum Gasteiger partial charge on any atom is -0.453 e. The van der Waals surface area contributed by atoms with Crippen molar-refractivity contribution < 1.29 is 14.3 Å². The number of hydrazine groups is 1. The molecule has 0 spiro atoms. The van der Waals surface area contributed by atoms with Crippen LogP contribution in [-0.4, -0.2) is 35.4 Å². The van der Waals surface area contributed by atoms with E-state index in [2.05, 4.69) is 38.5 Å². The predicted molar refractivity (Wildman–Crippen MR) is 173 cm³/mol. The van der Waals surface area contributed by atoms with Crippen LogP contribution in [0.5, 0.6) is 0 Å². The number of ether oxygens (including phenoxy) is 1. The minimum atomic E-state index is -0.569. The molecule has 228 valence electrons. The normalized spacial score (nSPS) is 12.5. The van der Waals surface area contributed by atoms with E-state index in [-0.39, 0.29) is 12.3 Å². The molecule has 7 N–H and O–H groups in total. The number of halogens is 2. The molecule has 0 saturated heterocycles. The van der Waals surface area contributed by atoms with Crippen molar-refractivity contribution in [3.05, 3.63) is 87.8 Å². The molecule has 1 atom stereocenters. The number of amides is 2. The number of nitrogens with zero attached hydrogens (tertiary/aromatic N) is 3. The first-order valence-corrected chi connectivity index (χ1v) is 14.3. The van der Waals surface area contributed by atoms with Crippen LogP contribution in [0, 0.1) is 0 Å². The molecule has 0 unspecified atom stereocenters. The maximum Gasteiger partial charge on any atom is 0.411 e. The molecule has 0 saturated carbocycles. The van der Waals surface area contributed by atoms with Crippen molar-refractivity contribution in [1.29, 1.82) is 0 Å².